The summed E-state index contributed by atoms with van der Waals surface area (Å²) in [6, 6.07) is 0. The van der Waals surface area contributed by atoms with Crippen LogP contribution in [0.5, 0.6) is 0 Å². The van der Waals surface area contributed by atoms with Crippen LogP contribution in [0.1, 0.15) is 19.5 Å². The molecule has 0 aliphatic carbocycles. The van der Waals surface area contributed by atoms with Crippen LogP contribution in [-0.4, -0.2) is 40.7 Å². The summed E-state index contributed by atoms with van der Waals surface area (Å²) >= 11 is 1.62. The highest BCUT2D eigenvalue weighted by molar-refractivity contribution is 7.15. The van der Waals surface area contributed by atoms with Crippen LogP contribution in [0.15, 0.2) is 11.6 Å². The highest BCUT2D eigenvalue weighted by Crippen LogP contribution is 2.24. The van der Waals surface area contributed by atoms with E-state index in [1.165, 1.54) is 0 Å². The van der Waals surface area contributed by atoms with Crippen molar-refractivity contribution in [1.29, 1.82) is 0 Å². The van der Waals surface area contributed by atoms with Gasteiger partial charge in [-0.05, 0) is 20.9 Å². The Balaban J connectivity index is 2.36. The van der Waals surface area contributed by atoms with Crippen molar-refractivity contribution in [2.45, 2.75) is 26.0 Å². The maximum absolute atomic E-state index is 9.91. The Morgan fingerprint density at radius 1 is 1.56 bits per heavy atom. The molecule has 0 saturated heterocycles. The van der Waals surface area contributed by atoms with Crippen molar-refractivity contribution in [3.8, 4) is 0 Å². The molecule has 0 fully saturated rings. The van der Waals surface area contributed by atoms with Gasteiger partial charge in [0.15, 0.2) is 10.8 Å². The molecule has 18 heavy (non-hydrogen) atoms. The van der Waals surface area contributed by atoms with E-state index >= 15 is 0 Å². The molecule has 2 rings (SSSR count). The van der Waals surface area contributed by atoms with Crippen LogP contribution < -0.4 is 10.2 Å². The fraction of sp³-hybridized carbons (Fsp3) is 0.583. The first kappa shape index (κ1) is 13.3. The van der Waals surface area contributed by atoms with E-state index in [4.69, 9.17) is 0 Å². The quantitative estimate of drug-likeness (QED) is 0.859. The number of imidazole rings is 1. The minimum Gasteiger partial charge on any atom is -0.389 e. The average Bonchev–Trinajstić information content (AvgIpc) is 2.78. The van der Waals surface area contributed by atoms with Crippen molar-refractivity contribution in [2.75, 3.05) is 25.5 Å². The number of rotatable bonds is 5. The number of thiazole rings is 1. The minimum atomic E-state index is -0.733. The third-order valence-electron chi connectivity index (χ3n) is 2.67. The monoisotopic (exact) mass is 268 g/mol. The van der Waals surface area contributed by atoms with Crippen molar-refractivity contribution in [3.05, 3.63) is 17.3 Å². The smallest absolute Gasteiger partial charge is 0.195 e. The van der Waals surface area contributed by atoms with E-state index in [0.29, 0.717) is 6.54 Å². The molecule has 2 aromatic rings. The molecule has 0 bridgehead atoms. The summed E-state index contributed by atoms with van der Waals surface area (Å²) in [6.07, 6.45) is 2.03. The molecule has 0 spiro atoms. The number of aliphatic hydroxyl groups is 1. The summed E-state index contributed by atoms with van der Waals surface area (Å²) in [4.78, 5) is 7.62. The van der Waals surface area contributed by atoms with E-state index < -0.39 is 5.60 Å². The van der Waals surface area contributed by atoms with E-state index in [2.05, 4.69) is 14.7 Å². The summed E-state index contributed by atoms with van der Waals surface area (Å²) in [5.41, 5.74) is 0.392. The van der Waals surface area contributed by atoms with Crippen LogP contribution in [-0.2, 0) is 6.54 Å². The second kappa shape index (κ2) is 4.87. The van der Waals surface area contributed by atoms with Crippen molar-refractivity contribution >= 4 is 22.1 Å². The third-order valence-corrected chi connectivity index (χ3v) is 3.43. The minimum absolute atomic E-state index is 0.550. The van der Waals surface area contributed by atoms with Crippen molar-refractivity contribution in [3.63, 3.8) is 0 Å². The summed E-state index contributed by atoms with van der Waals surface area (Å²) < 4.78 is 2.09. The van der Waals surface area contributed by atoms with Gasteiger partial charge in [0, 0.05) is 31.7 Å². The van der Waals surface area contributed by atoms with Gasteiger partial charge in [-0.2, -0.15) is 0 Å². The number of nitrogens with one attached hydrogen (secondary N) is 1. The van der Waals surface area contributed by atoms with Crippen LogP contribution in [0, 0.1) is 0 Å². The molecule has 0 radical (unpaired) electrons. The standard InChI is InChI=1S/C12H20N4OS/c1-12(2,17)8-15(4)10-9(7-13-3)16-5-6-18-11(16)14-10/h5-6,13,17H,7-8H2,1-4H3. The van der Waals surface area contributed by atoms with Gasteiger partial charge in [-0.25, -0.2) is 4.98 Å². The lowest BCUT2D eigenvalue weighted by Crippen LogP contribution is -2.37. The SMILES string of the molecule is CNCc1c(N(C)CC(C)(C)O)nc2sccn12. The molecule has 100 valence electrons. The lowest BCUT2D eigenvalue weighted by atomic mass is 10.1. The van der Waals surface area contributed by atoms with Crippen LogP contribution in [0.2, 0.25) is 0 Å². The number of fused-ring (bicyclic) bond motifs is 1. The predicted molar refractivity (Wildman–Crippen MR) is 75.4 cm³/mol. The molecule has 5 nitrogen and oxygen atoms in total. The van der Waals surface area contributed by atoms with Crippen molar-refractivity contribution in [2.24, 2.45) is 0 Å². The van der Waals surface area contributed by atoms with Gasteiger partial charge in [0.05, 0.1) is 11.3 Å². The van der Waals surface area contributed by atoms with Gasteiger partial charge in [-0.3, -0.25) is 4.40 Å². The lowest BCUT2D eigenvalue weighted by molar-refractivity contribution is 0.0884. The van der Waals surface area contributed by atoms with Crippen molar-refractivity contribution < 1.29 is 5.11 Å². The Bertz CT molecular complexity index is 526. The normalized spacial score (nSPS) is 12.3. The van der Waals surface area contributed by atoms with Crippen LogP contribution in [0.3, 0.4) is 0 Å². The van der Waals surface area contributed by atoms with Gasteiger partial charge in [-0.1, -0.05) is 0 Å². The Labute approximate surface area is 111 Å². The van der Waals surface area contributed by atoms with Gasteiger partial charge in [0.1, 0.15) is 0 Å². The molecule has 2 aromatic heterocycles. The van der Waals surface area contributed by atoms with Gasteiger partial charge in [0.2, 0.25) is 0 Å². The Morgan fingerprint density at radius 2 is 2.28 bits per heavy atom. The zero-order valence-corrected chi connectivity index (χ0v) is 12.1. The molecule has 0 aliphatic heterocycles. The molecular formula is C12H20N4OS. The molecule has 0 aliphatic rings. The third kappa shape index (κ3) is 2.66. The Hall–Kier alpha value is -1.11. The molecule has 2 N–H and O–H groups in total. The number of anilines is 1. The Kier molecular flexibility index (Phi) is 3.61. The fourth-order valence-electron chi connectivity index (χ4n) is 2.11. The fourth-order valence-corrected chi connectivity index (χ4v) is 2.84. The van der Waals surface area contributed by atoms with Crippen LogP contribution in [0.4, 0.5) is 5.82 Å². The van der Waals surface area contributed by atoms with E-state index in [9.17, 15) is 5.11 Å². The van der Waals surface area contributed by atoms with Gasteiger partial charge < -0.3 is 15.3 Å². The molecule has 0 saturated carbocycles. The van der Waals surface area contributed by atoms with Gasteiger partial charge in [-0.15, -0.1) is 11.3 Å². The summed E-state index contributed by atoms with van der Waals surface area (Å²) in [5, 5.41) is 15.1. The van der Waals surface area contributed by atoms with E-state index in [0.717, 1.165) is 23.0 Å². The highest BCUT2D eigenvalue weighted by Gasteiger charge is 2.21. The molecule has 6 heteroatoms. The number of likely N-dealkylation sites (N-methyl/N-ethyl adjacent to an activating group) is 1. The zero-order valence-electron chi connectivity index (χ0n) is 11.3. The molecule has 0 atom stereocenters. The Morgan fingerprint density at radius 3 is 2.89 bits per heavy atom. The number of aromatic nitrogens is 2. The molecule has 0 unspecified atom stereocenters. The second-order valence-electron chi connectivity index (χ2n) is 5.14. The maximum Gasteiger partial charge on any atom is 0.195 e. The second-order valence-corrected chi connectivity index (χ2v) is 6.01. The van der Waals surface area contributed by atoms with Crippen molar-refractivity contribution in [1.82, 2.24) is 14.7 Å². The first-order valence-electron chi connectivity index (χ1n) is 5.95. The summed E-state index contributed by atoms with van der Waals surface area (Å²) in [6.45, 7) is 4.91. The largest absolute Gasteiger partial charge is 0.389 e. The summed E-state index contributed by atoms with van der Waals surface area (Å²) in [7, 11) is 3.88. The van der Waals surface area contributed by atoms with Crippen LogP contribution in [0.25, 0.3) is 4.96 Å². The van der Waals surface area contributed by atoms with Gasteiger partial charge >= 0.3 is 0 Å². The predicted octanol–water partition coefficient (Wildman–Crippen LogP) is 1.32. The van der Waals surface area contributed by atoms with E-state index in [1.54, 1.807) is 25.2 Å². The highest BCUT2D eigenvalue weighted by atomic mass is 32.1. The number of hydrogen-bond acceptors (Lipinski definition) is 5. The molecule has 0 aromatic carbocycles. The number of hydrogen-bond donors (Lipinski definition) is 2. The maximum atomic E-state index is 9.91. The summed E-state index contributed by atoms with van der Waals surface area (Å²) in [5.74, 6) is 0.929. The first-order chi connectivity index (χ1) is 8.42. The molecule has 0 amide bonds. The molecular weight excluding hydrogens is 248 g/mol. The average molecular weight is 268 g/mol. The molecule has 2 heterocycles. The lowest BCUT2D eigenvalue weighted by Gasteiger charge is -2.26. The number of nitrogens with zero attached hydrogens (tertiary/aromatic N) is 3. The van der Waals surface area contributed by atoms with E-state index in [-0.39, 0.29) is 0 Å². The van der Waals surface area contributed by atoms with Crippen LogP contribution >= 0.6 is 11.3 Å². The van der Waals surface area contributed by atoms with E-state index in [1.807, 2.05) is 30.6 Å². The zero-order chi connectivity index (χ0) is 13.3. The topological polar surface area (TPSA) is 52.8 Å². The van der Waals surface area contributed by atoms with Gasteiger partial charge in [0.25, 0.3) is 0 Å². The first-order valence-corrected chi connectivity index (χ1v) is 6.83.